The fourth-order valence-corrected chi connectivity index (χ4v) is 5.79. The van der Waals surface area contributed by atoms with Crippen LogP contribution in [0.2, 0.25) is 0 Å². The van der Waals surface area contributed by atoms with Crippen LogP contribution in [-0.2, 0) is 38.6 Å². The predicted molar refractivity (Wildman–Crippen MR) is 175 cm³/mol. The van der Waals surface area contributed by atoms with Gasteiger partial charge in [0.15, 0.2) is 14.1 Å². The number of hydrogen-bond acceptors (Lipinski definition) is 4. The van der Waals surface area contributed by atoms with Gasteiger partial charge in [-0.05, 0) is 38.1 Å². The van der Waals surface area contributed by atoms with E-state index in [-0.39, 0.29) is 0 Å². The topological polar surface area (TPSA) is 97.9 Å². The van der Waals surface area contributed by atoms with Crippen molar-refractivity contribution >= 4 is 10.4 Å². The molecule has 6 aromatic rings. The molecule has 0 amide bonds. The van der Waals surface area contributed by atoms with Crippen molar-refractivity contribution in [1.82, 2.24) is 9.36 Å². The number of nitrogens with zero attached hydrogens (tertiary/aromatic N) is 4. The fraction of sp³-hybridized carbons (Fsp3) is 0.167. The lowest BCUT2D eigenvalue weighted by molar-refractivity contribution is -0.740. The molecule has 45 heavy (non-hydrogen) atoms. The van der Waals surface area contributed by atoms with E-state index in [2.05, 4.69) is 182 Å². The van der Waals surface area contributed by atoms with Crippen LogP contribution in [0.3, 0.4) is 0 Å². The molecule has 4 aromatic carbocycles. The minimum absolute atomic E-state index is 1.25. The van der Waals surface area contributed by atoms with Gasteiger partial charge in [0.2, 0.25) is 11.4 Å². The maximum Gasteiger partial charge on any atom is 0.241 e. The third-order valence-electron chi connectivity index (χ3n) is 7.80. The Morgan fingerprint density at radius 1 is 0.489 bits per heavy atom. The smallest absolute Gasteiger partial charge is 0.241 e. The van der Waals surface area contributed by atoms with Crippen LogP contribution in [0.25, 0.3) is 45.0 Å². The highest BCUT2D eigenvalue weighted by Gasteiger charge is 2.26. The standard InChI is InChI=1S/2C18H19N2.H2O4S/c2*1-14-17(15-10-6-4-7-11-15)19(2)20(3)18(14)16-12-8-5-9-13-16;1-5(2,3)4/h2*4-13H,1-3H3;(H2,1,2,3,4)/q2*+1;/p-2. The lowest BCUT2D eigenvalue weighted by Crippen LogP contribution is -2.39. The number of hydrogen-bond donors (Lipinski definition) is 0. The lowest BCUT2D eigenvalue weighted by atomic mass is 10.0. The van der Waals surface area contributed by atoms with Crippen molar-refractivity contribution in [3.63, 3.8) is 0 Å². The van der Waals surface area contributed by atoms with Crippen LogP contribution in [0, 0.1) is 13.8 Å². The van der Waals surface area contributed by atoms with Crippen LogP contribution in [0.1, 0.15) is 11.1 Å². The van der Waals surface area contributed by atoms with Crippen molar-refractivity contribution in [2.24, 2.45) is 28.2 Å². The number of aromatic nitrogens is 4. The molecule has 0 aliphatic heterocycles. The van der Waals surface area contributed by atoms with Crippen molar-refractivity contribution < 1.29 is 26.9 Å². The minimum Gasteiger partial charge on any atom is -0.759 e. The first-order valence-electron chi connectivity index (χ1n) is 14.4. The Balaban J connectivity index is 0.000000179. The minimum atomic E-state index is -5.17. The molecular weight excluding hydrogens is 584 g/mol. The van der Waals surface area contributed by atoms with Gasteiger partial charge in [0, 0.05) is 32.7 Å². The quantitative estimate of drug-likeness (QED) is 0.144. The van der Waals surface area contributed by atoms with E-state index in [1.807, 2.05) is 0 Å². The second-order valence-electron chi connectivity index (χ2n) is 10.6. The molecule has 0 atom stereocenters. The Kier molecular flexibility index (Phi) is 10.5. The molecule has 0 radical (unpaired) electrons. The van der Waals surface area contributed by atoms with Gasteiger partial charge in [0.25, 0.3) is 0 Å². The van der Waals surface area contributed by atoms with Crippen LogP contribution in [0.4, 0.5) is 0 Å². The molecule has 0 saturated heterocycles. The highest BCUT2D eigenvalue weighted by molar-refractivity contribution is 7.79. The summed E-state index contributed by atoms with van der Waals surface area (Å²) in [5.74, 6) is 0. The van der Waals surface area contributed by atoms with Gasteiger partial charge in [-0.2, -0.15) is 9.36 Å². The molecule has 2 aromatic heterocycles. The monoisotopic (exact) mass is 622 g/mol. The molecule has 0 saturated carbocycles. The van der Waals surface area contributed by atoms with E-state index in [1.165, 1.54) is 56.2 Å². The van der Waals surface area contributed by atoms with Crippen molar-refractivity contribution in [3.8, 4) is 45.0 Å². The van der Waals surface area contributed by atoms with Gasteiger partial charge in [-0.15, -0.1) is 9.36 Å². The summed E-state index contributed by atoms with van der Waals surface area (Å²) in [6, 6.07) is 42.2. The maximum atomic E-state index is 8.52. The van der Waals surface area contributed by atoms with E-state index in [9.17, 15) is 0 Å². The Hall–Kier alpha value is -4.83. The van der Waals surface area contributed by atoms with Gasteiger partial charge < -0.3 is 9.11 Å². The molecule has 232 valence electrons. The highest BCUT2D eigenvalue weighted by Crippen LogP contribution is 2.30. The van der Waals surface area contributed by atoms with Crippen LogP contribution < -0.4 is 9.36 Å². The van der Waals surface area contributed by atoms with Crippen LogP contribution in [-0.4, -0.2) is 26.9 Å². The van der Waals surface area contributed by atoms with Gasteiger partial charge in [0.1, 0.15) is 11.4 Å². The highest BCUT2D eigenvalue weighted by atomic mass is 32.3. The average Bonchev–Trinajstić information content (AvgIpc) is 3.39. The first-order chi connectivity index (χ1) is 21.4. The van der Waals surface area contributed by atoms with Gasteiger partial charge in [-0.3, -0.25) is 8.42 Å². The van der Waals surface area contributed by atoms with Crippen LogP contribution in [0.5, 0.6) is 0 Å². The largest absolute Gasteiger partial charge is 0.759 e. The Labute approximate surface area is 265 Å². The van der Waals surface area contributed by atoms with E-state index >= 15 is 0 Å². The molecule has 0 bridgehead atoms. The van der Waals surface area contributed by atoms with E-state index in [0.717, 1.165) is 0 Å². The zero-order valence-electron chi connectivity index (χ0n) is 26.4. The third kappa shape index (κ3) is 7.82. The summed E-state index contributed by atoms with van der Waals surface area (Å²) >= 11 is 0. The summed E-state index contributed by atoms with van der Waals surface area (Å²) in [5.41, 5.74) is 12.7. The molecule has 0 unspecified atom stereocenters. The normalized spacial score (nSPS) is 10.8. The van der Waals surface area contributed by atoms with Gasteiger partial charge in [-0.25, -0.2) is 0 Å². The van der Waals surface area contributed by atoms with Crippen LogP contribution >= 0.6 is 0 Å². The molecule has 0 fully saturated rings. The molecular formula is C36H38N4O4S. The number of benzene rings is 4. The Bertz CT molecular complexity index is 1700. The zero-order valence-corrected chi connectivity index (χ0v) is 27.2. The molecule has 9 heteroatoms. The van der Waals surface area contributed by atoms with Crippen molar-refractivity contribution in [2.45, 2.75) is 13.8 Å². The lowest BCUT2D eigenvalue weighted by Gasteiger charge is -2.06. The summed E-state index contributed by atoms with van der Waals surface area (Å²) in [7, 11) is 3.28. The summed E-state index contributed by atoms with van der Waals surface area (Å²) < 4.78 is 42.9. The second kappa shape index (κ2) is 14.3. The number of rotatable bonds is 4. The van der Waals surface area contributed by atoms with Crippen molar-refractivity contribution in [1.29, 1.82) is 0 Å². The van der Waals surface area contributed by atoms with Crippen LogP contribution in [0.15, 0.2) is 121 Å². The molecule has 0 aliphatic rings. The first kappa shape index (κ1) is 33.1. The summed E-state index contributed by atoms with van der Waals surface area (Å²) in [6.07, 6.45) is 0. The average molecular weight is 623 g/mol. The maximum absolute atomic E-state index is 8.52. The molecule has 6 rings (SSSR count). The fourth-order valence-electron chi connectivity index (χ4n) is 5.79. The van der Waals surface area contributed by atoms with Crippen molar-refractivity contribution in [3.05, 3.63) is 132 Å². The summed E-state index contributed by atoms with van der Waals surface area (Å²) in [6.45, 7) is 4.40. The molecule has 8 nitrogen and oxygen atoms in total. The molecule has 2 heterocycles. The molecule has 0 N–H and O–H groups in total. The Morgan fingerprint density at radius 2 is 0.711 bits per heavy atom. The molecule has 0 aliphatic carbocycles. The van der Waals surface area contributed by atoms with E-state index in [0.29, 0.717) is 0 Å². The summed E-state index contributed by atoms with van der Waals surface area (Å²) in [4.78, 5) is 0. The van der Waals surface area contributed by atoms with E-state index in [1.54, 1.807) is 0 Å². The zero-order chi connectivity index (χ0) is 32.7. The van der Waals surface area contributed by atoms with Gasteiger partial charge in [0.05, 0.1) is 25.2 Å². The van der Waals surface area contributed by atoms with Gasteiger partial charge in [-0.1, -0.05) is 97.1 Å². The first-order valence-corrected chi connectivity index (χ1v) is 15.7. The van der Waals surface area contributed by atoms with Crippen molar-refractivity contribution in [2.75, 3.05) is 0 Å². The third-order valence-corrected chi connectivity index (χ3v) is 7.80. The van der Waals surface area contributed by atoms with E-state index < -0.39 is 10.4 Å². The second-order valence-corrected chi connectivity index (χ2v) is 11.4. The Morgan fingerprint density at radius 3 is 0.956 bits per heavy atom. The SMILES string of the molecule is Cc1c(-c2ccccc2)n(C)[n+](C)c1-c1ccccc1.Cc1c(-c2ccccc2)n(C)[n+](C)c1-c1ccccc1.O=S(=O)([O-])[O-]. The summed E-state index contributed by atoms with van der Waals surface area (Å²) in [5, 5.41) is 0. The predicted octanol–water partition coefficient (Wildman–Crippen LogP) is 5.65. The van der Waals surface area contributed by atoms with E-state index in [4.69, 9.17) is 17.5 Å². The molecule has 0 spiro atoms. The van der Waals surface area contributed by atoms with Gasteiger partial charge >= 0.3 is 0 Å².